The van der Waals surface area contributed by atoms with E-state index in [2.05, 4.69) is 27.3 Å². The Hall–Kier alpha value is -2.60. The van der Waals surface area contributed by atoms with E-state index in [0.29, 0.717) is 13.1 Å². The summed E-state index contributed by atoms with van der Waals surface area (Å²) in [5.74, 6) is 0. The quantitative estimate of drug-likeness (QED) is 0.776. The van der Waals surface area contributed by atoms with Gasteiger partial charge in [-0.1, -0.05) is 30.3 Å². The number of aromatic nitrogens is 1. The molecule has 1 aliphatic heterocycles. The van der Waals surface area contributed by atoms with E-state index in [-0.39, 0.29) is 6.03 Å². The van der Waals surface area contributed by atoms with Crippen molar-refractivity contribution in [3.8, 4) is 0 Å². The normalized spacial score (nSPS) is 14.8. The Balaban J connectivity index is 1.39. The molecule has 122 valence electrons. The zero-order valence-electron chi connectivity index (χ0n) is 13.2. The highest BCUT2D eigenvalue weighted by Gasteiger charge is 2.22. The zero-order valence-corrected chi connectivity index (χ0v) is 14.0. The molecule has 0 unspecified atom stereocenters. The predicted octanol–water partition coefficient (Wildman–Crippen LogP) is 3.65. The summed E-state index contributed by atoms with van der Waals surface area (Å²) in [5, 5.41) is 8.32. The molecule has 2 amide bonds. The van der Waals surface area contributed by atoms with Crippen LogP contribution in [0.4, 0.5) is 15.6 Å². The molecule has 0 radical (unpaired) electrons. The maximum atomic E-state index is 12.5. The Morgan fingerprint density at radius 2 is 1.83 bits per heavy atom. The molecule has 0 aliphatic carbocycles. The highest BCUT2D eigenvalue weighted by molar-refractivity contribution is 7.13. The second-order valence-corrected chi connectivity index (χ2v) is 6.65. The first kappa shape index (κ1) is 15.0. The third-order valence-electron chi connectivity index (χ3n) is 4.26. The van der Waals surface area contributed by atoms with Gasteiger partial charge >= 0.3 is 6.03 Å². The minimum atomic E-state index is -0.0379. The molecule has 0 atom stereocenters. The number of benzene rings is 2. The van der Waals surface area contributed by atoms with Crippen molar-refractivity contribution < 1.29 is 4.79 Å². The second-order valence-electron chi connectivity index (χ2n) is 5.78. The van der Waals surface area contributed by atoms with Crippen molar-refractivity contribution in [2.75, 3.05) is 36.4 Å². The molecule has 2 heterocycles. The van der Waals surface area contributed by atoms with Gasteiger partial charge in [-0.05, 0) is 22.9 Å². The van der Waals surface area contributed by atoms with Gasteiger partial charge < -0.3 is 15.1 Å². The summed E-state index contributed by atoms with van der Waals surface area (Å²) in [5.41, 5.74) is 0.834. The van der Waals surface area contributed by atoms with Crippen molar-refractivity contribution in [2.45, 2.75) is 0 Å². The van der Waals surface area contributed by atoms with Gasteiger partial charge in [0.25, 0.3) is 0 Å². The first-order chi connectivity index (χ1) is 11.8. The van der Waals surface area contributed by atoms with Gasteiger partial charge in [0, 0.05) is 43.4 Å². The molecule has 24 heavy (non-hydrogen) atoms. The highest BCUT2D eigenvalue weighted by Crippen LogP contribution is 2.21. The van der Waals surface area contributed by atoms with Crippen LogP contribution >= 0.6 is 11.3 Å². The van der Waals surface area contributed by atoms with Crippen molar-refractivity contribution in [2.24, 2.45) is 0 Å². The van der Waals surface area contributed by atoms with Crippen LogP contribution in [0.5, 0.6) is 0 Å². The van der Waals surface area contributed by atoms with Crippen LogP contribution in [-0.2, 0) is 0 Å². The maximum absolute atomic E-state index is 12.5. The summed E-state index contributed by atoms with van der Waals surface area (Å²) in [6.45, 7) is 3.05. The first-order valence-electron chi connectivity index (χ1n) is 7.99. The summed E-state index contributed by atoms with van der Waals surface area (Å²) in [6.07, 6.45) is 1.82. The Kier molecular flexibility index (Phi) is 4.04. The number of hydrogen-bond acceptors (Lipinski definition) is 4. The Bertz CT molecular complexity index is 841. The summed E-state index contributed by atoms with van der Waals surface area (Å²) in [4.78, 5) is 20.9. The molecular formula is C18H18N4OS. The summed E-state index contributed by atoms with van der Waals surface area (Å²) in [6, 6.07) is 14.1. The SMILES string of the molecule is O=C(Nc1ccc2ccccc2c1)N1CCN(c2nccs2)CC1. The Morgan fingerprint density at radius 1 is 1.04 bits per heavy atom. The fraction of sp³-hybridized carbons (Fsp3) is 0.222. The number of anilines is 2. The molecule has 1 aromatic heterocycles. The van der Waals surface area contributed by atoms with Gasteiger partial charge in [-0.3, -0.25) is 0 Å². The van der Waals surface area contributed by atoms with Crippen molar-refractivity contribution in [3.63, 3.8) is 0 Å². The number of thiazole rings is 1. The second kappa shape index (κ2) is 6.49. The lowest BCUT2D eigenvalue weighted by Gasteiger charge is -2.34. The van der Waals surface area contributed by atoms with Crippen LogP contribution in [0.2, 0.25) is 0 Å². The van der Waals surface area contributed by atoms with Crippen LogP contribution in [-0.4, -0.2) is 42.1 Å². The lowest BCUT2D eigenvalue weighted by Crippen LogP contribution is -2.50. The van der Waals surface area contributed by atoms with Crippen LogP contribution in [0.1, 0.15) is 0 Å². The fourth-order valence-corrected chi connectivity index (χ4v) is 3.64. The van der Waals surface area contributed by atoms with Gasteiger partial charge in [-0.15, -0.1) is 11.3 Å². The molecule has 4 rings (SSSR count). The summed E-state index contributed by atoms with van der Waals surface area (Å²) < 4.78 is 0. The topological polar surface area (TPSA) is 48.5 Å². The van der Waals surface area contributed by atoms with Gasteiger partial charge in [0.1, 0.15) is 0 Å². The number of nitrogens with one attached hydrogen (secondary N) is 1. The van der Waals surface area contributed by atoms with Crippen molar-refractivity contribution >= 4 is 39.0 Å². The molecule has 6 heteroatoms. The van der Waals surface area contributed by atoms with Gasteiger partial charge in [0.15, 0.2) is 5.13 Å². The molecule has 2 aromatic carbocycles. The number of rotatable bonds is 2. The van der Waals surface area contributed by atoms with Gasteiger partial charge in [0.2, 0.25) is 0 Å². The van der Waals surface area contributed by atoms with E-state index in [9.17, 15) is 4.79 Å². The van der Waals surface area contributed by atoms with Crippen molar-refractivity contribution in [1.82, 2.24) is 9.88 Å². The first-order valence-corrected chi connectivity index (χ1v) is 8.87. The van der Waals surface area contributed by atoms with Crippen LogP contribution in [0.25, 0.3) is 10.8 Å². The predicted molar refractivity (Wildman–Crippen MR) is 98.9 cm³/mol. The van der Waals surface area contributed by atoms with E-state index in [1.165, 1.54) is 5.39 Å². The monoisotopic (exact) mass is 338 g/mol. The number of piperazine rings is 1. The van der Waals surface area contributed by atoms with E-state index >= 15 is 0 Å². The maximum Gasteiger partial charge on any atom is 0.321 e. The average Bonchev–Trinajstić information content (AvgIpc) is 3.16. The average molecular weight is 338 g/mol. The van der Waals surface area contributed by atoms with Crippen molar-refractivity contribution in [1.29, 1.82) is 0 Å². The van der Waals surface area contributed by atoms with Gasteiger partial charge in [-0.2, -0.15) is 0 Å². The third kappa shape index (κ3) is 3.05. The van der Waals surface area contributed by atoms with Gasteiger partial charge in [0.05, 0.1) is 0 Å². The molecule has 1 fully saturated rings. The van der Waals surface area contributed by atoms with E-state index in [1.54, 1.807) is 11.3 Å². The minimum absolute atomic E-state index is 0.0379. The summed E-state index contributed by atoms with van der Waals surface area (Å²) in [7, 11) is 0. The molecule has 5 nitrogen and oxygen atoms in total. The fourth-order valence-electron chi connectivity index (χ4n) is 2.94. The van der Waals surface area contributed by atoms with Gasteiger partial charge in [-0.25, -0.2) is 9.78 Å². The highest BCUT2D eigenvalue weighted by atomic mass is 32.1. The molecule has 1 aliphatic rings. The van der Waals surface area contributed by atoms with E-state index in [1.807, 2.05) is 46.8 Å². The number of hydrogen-bond donors (Lipinski definition) is 1. The molecule has 1 saturated heterocycles. The van der Waals surface area contributed by atoms with Crippen LogP contribution in [0.15, 0.2) is 54.0 Å². The number of carbonyl (C=O) groups excluding carboxylic acids is 1. The van der Waals surface area contributed by atoms with Crippen molar-refractivity contribution in [3.05, 3.63) is 54.0 Å². The smallest absolute Gasteiger partial charge is 0.321 e. The van der Waals surface area contributed by atoms with E-state index in [4.69, 9.17) is 0 Å². The molecule has 0 bridgehead atoms. The molecule has 0 spiro atoms. The van der Waals surface area contributed by atoms with Crippen LogP contribution in [0.3, 0.4) is 0 Å². The standard InChI is InChI=1S/C18H18N4OS/c23-17(20-16-6-5-14-3-1-2-4-15(14)13-16)21-8-10-22(11-9-21)18-19-7-12-24-18/h1-7,12-13H,8-11H2,(H,20,23). The molecule has 0 saturated carbocycles. The number of amides is 2. The number of nitrogens with zero attached hydrogens (tertiary/aromatic N) is 3. The van der Waals surface area contributed by atoms with E-state index in [0.717, 1.165) is 29.3 Å². The van der Waals surface area contributed by atoms with E-state index < -0.39 is 0 Å². The Labute approximate surface area is 144 Å². The van der Waals surface area contributed by atoms with Crippen LogP contribution < -0.4 is 10.2 Å². The zero-order chi connectivity index (χ0) is 16.4. The van der Waals surface area contributed by atoms with Crippen LogP contribution in [0, 0.1) is 0 Å². The number of carbonyl (C=O) groups is 1. The molecule has 1 N–H and O–H groups in total. The third-order valence-corrected chi connectivity index (χ3v) is 5.09. The minimum Gasteiger partial charge on any atom is -0.345 e. The summed E-state index contributed by atoms with van der Waals surface area (Å²) >= 11 is 1.64. The number of fused-ring (bicyclic) bond motifs is 1. The number of urea groups is 1. The molecule has 3 aromatic rings. The lowest BCUT2D eigenvalue weighted by atomic mass is 10.1. The molecular weight excluding hydrogens is 320 g/mol. The lowest BCUT2D eigenvalue weighted by molar-refractivity contribution is 0.208. The largest absolute Gasteiger partial charge is 0.345 e. The Morgan fingerprint density at radius 3 is 2.58 bits per heavy atom.